The molecule has 8 aromatic rings. The van der Waals surface area contributed by atoms with Crippen LogP contribution in [0.1, 0.15) is 31.8 Å². The maximum absolute atomic E-state index is 13.9. The molecule has 1 aliphatic rings. The van der Waals surface area contributed by atoms with Crippen LogP contribution in [0.4, 0.5) is 5.69 Å². The number of hydrogen-bond acceptors (Lipinski definition) is 2. The lowest BCUT2D eigenvalue weighted by atomic mass is 9.86. The van der Waals surface area contributed by atoms with Gasteiger partial charge in [0.15, 0.2) is 0 Å². The van der Waals surface area contributed by atoms with Gasteiger partial charge < -0.3 is 0 Å². The molecular formula is C40H24BrNO2. The zero-order valence-corrected chi connectivity index (χ0v) is 25.6. The molecule has 0 radical (unpaired) electrons. The molecule has 0 atom stereocenters. The number of halogens is 1. The summed E-state index contributed by atoms with van der Waals surface area (Å²) in [6, 6.07) is 37.6. The van der Waals surface area contributed by atoms with E-state index in [-0.39, 0.29) is 11.8 Å². The number of benzene rings is 8. The molecule has 4 heteroatoms. The number of anilines is 1. The van der Waals surface area contributed by atoms with Crippen molar-refractivity contribution in [1.82, 2.24) is 0 Å². The van der Waals surface area contributed by atoms with Gasteiger partial charge >= 0.3 is 0 Å². The molecule has 8 aromatic carbocycles. The highest BCUT2D eigenvalue weighted by atomic mass is 79.9. The first-order valence-electron chi connectivity index (χ1n) is 14.7. The van der Waals surface area contributed by atoms with Crippen molar-refractivity contribution < 1.29 is 9.59 Å². The number of hydrogen-bond donors (Lipinski definition) is 0. The first-order chi connectivity index (χ1) is 21.4. The molecule has 0 fully saturated rings. The Morgan fingerprint density at radius 1 is 0.477 bits per heavy atom. The van der Waals surface area contributed by atoms with Crippen LogP contribution in [0.3, 0.4) is 0 Å². The SMILES string of the molecule is Cc1cc(N2C(=O)c3cccc4c(Br)ccc(c34)C2=O)c(C)cc1-c1ccc2c3cccc4cccc(c5cccc1c52)c43. The summed E-state index contributed by atoms with van der Waals surface area (Å²) in [7, 11) is 0. The van der Waals surface area contributed by atoms with Crippen LogP contribution in [-0.4, -0.2) is 11.8 Å². The Balaban J connectivity index is 1.24. The molecule has 3 nitrogen and oxygen atoms in total. The Kier molecular flexibility index (Phi) is 5.19. The van der Waals surface area contributed by atoms with Gasteiger partial charge in [0.05, 0.1) is 5.69 Å². The lowest BCUT2D eigenvalue weighted by molar-refractivity contribution is 0.0893. The zero-order valence-electron chi connectivity index (χ0n) is 24.0. The van der Waals surface area contributed by atoms with Gasteiger partial charge in [0.2, 0.25) is 0 Å². The molecule has 0 aliphatic carbocycles. The van der Waals surface area contributed by atoms with Crippen LogP contribution in [0, 0.1) is 13.8 Å². The molecular weight excluding hydrogens is 606 g/mol. The normalized spacial score (nSPS) is 13.4. The van der Waals surface area contributed by atoms with E-state index in [1.807, 2.05) is 43.3 Å². The van der Waals surface area contributed by atoms with E-state index in [9.17, 15) is 9.59 Å². The molecule has 0 spiro atoms. The average molecular weight is 631 g/mol. The highest BCUT2D eigenvalue weighted by molar-refractivity contribution is 9.10. The number of fused-ring (bicyclic) bond motifs is 2. The Hall–Kier alpha value is -5.06. The summed E-state index contributed by atoms with van der Waals surface area (Å²) in [5, 5.41) is 11.6. The average Bonchev–Trinajstić information content (AvgIpc) is 3.04. The summed E-state index contributed by atoms with van der Waals surface area (Å²) >= 11 is 3.58. The minimum atomic E-state index is -0.295. The third-order valence-electron chi connectivity index (χ3n) is 9.45. The molecule has 0 unspecified atom stereocenters. The summed E-state index contributed by atoms with van der Waals surface area (Å²) in [5.74, 6) is -0.591. The quantitative estimate of drug-likeness (QED) is 0.108. The van der Waals surface area contributed by atoms with Gasteiger partial charge in [0.25, 0.3) is 11.8 Å². The van der Waals surface area contributed by atoms with E-state index in [0.717, 1.165) is 32.1 Å². The predicted molar refractivity (Wildman–Crippen MR) is 185 cm³/mol. The van der Waals surface area contributed by atoms with Crippen molar-refractivity contribution >= 4 is 87.3 Å². The highest BCUT2D eigenvalue weighted by Crippen LogP contribution is 2.45. The Morgan fingerprint density at radius 2 is 1.05 bits per heavy atom. The molecule has 1 aliphatic heterocycles. The molecule has 2 amide bonds. The summed E-state index contributed by atoms with van der Waals surface area (Å²) in [6.45, 7) is 4.05. The van der Waals surface area contributed by atoms with Gasteiger partial charge in [-0.2, -0.15) is 0 Å². The van der Waals surface area contributed by atoms with Crippen LogP contribution in [0.5, 0.6) is 0 Å². The summed E-state index contributed by atoms with van der Waals surface area (Å²) < 4.78 is 0.866. The van der Waals surface area contributed by atoms with Crippen molar-refractivity contribution in [2.45, 2.75) is 13.8 Å². The fraction of sp³-hybridized carbons (Fsp3) is 0.0500. The zero-order chi connectivity index (χ0) is 29.9. The van der Waals surface area contributed by atoms with Gasteiger partial charge in [-0.15, -0.1) is 0 Å². The lowest BCUT2D eigenvalue weighted by Gasteiger charge is -2.29. The monoisotopic (exact) mass is 629 g/mol. The van der Waals surface area contributed by atoms with Crippen molar-refractivity contribution in [2.75, 3.05) is 4.90 Å². The summed E-state index contributed by atoms with van der Waals surface area (Å²) in [4.78, 5) is 29.2. The van der Waals surface area contributed by atoms with Gasteiger partial charge in [-0.1, -0.05) is 94.8 Å². The molecule has 0 saturated carbocycles. The van der Waals surface area contributed by atoms with Crippen LogP contribution < -0.4 is 4.90 Å². The van der Waals surface area contributed by atoms with E-state index in [4.69, 9.17) is 0 Å². The van der Waals surface area contributed by atoms with Crippen LogP contribution in [0.2, 0.25) is 0 Å². The summed E-state index contributed by atoms with van der Waals surface area (Å²) in [5.41, 5.74) is 5.81. The van der Waals surface area contributed by atoms with Crippen LogP contribution >= 0.6 is 15.9 Å². The summed E-state index contributed by atoms with van der Waals surface area (Å²) in [6.07, 6.45) is 0. The number of rotatable bonds is 2. The van der Waals surface area contributed by atoms with Crippen molar-refractivity contribution in [1.29, 1.82) is 0 Å². The van der Waals surface area contributed by atoms with Crippen LogP contribution in [0.25, 0.3) is 65.0 Å². The van der Waals surface area contributed by atoms with Crippen molar-refractivity contribution in [3.63, 3.8) is 0 Å². The topological polar surface area (TPSA) is 37.4 Å². The molecule has 0 saturated heterocycles. The number of amides is 2. The minimum Gasteiger partial charge on any atom is -0.268 e. The van der Waals surface area contributed by atoms with Gasteiger partial charge in [0, 0.05) is 21.0 Å². The fourth-order valence-corrected chi connectivity index (χ4v) is 7.95. The second kappa shape index (κ2) is 8.98. The maximum Gasteiger partial charge on any atom is 0.265 e. The van der Waals surface area contributed by atoms with E-state index < -0.39 is 0 Å². The number of carbonyl (C=O) groups is 2. The standard InChI is InChI=1S/C40H24BrNO2/c1-21-20-35(42-39(43)31-14-6-13-30-34(41)18-17-32(38(30)31)40(42)44)22(2)19-33(21)24-15-16-29-27-10-4-8-23-7-3-9-26(36(23)27)28-12-5-11-25(24)37(28)29/h3-20H,1-2H3. The van der Waals surface area contributed by atoms with E-state index in [0.29, 0.717) is 22.2 Å². The van der Waals surface area contributed by atoms with Gasteiger partial charge in [-0.3, -0.25) is 9.59 Å². The van der Waals surface area contributed by atoms with Gasteiger partial charge in [-0.05, 0) is 115 Å². The molecule has 0 bridgehead atoms. The number of aryl methyl sites for hydroxylation is 2. The van der Waals surface area contributed by atoms with Crippen LogP contribution in [0.15, 0.2) is 114 Å². The molecule has 9 rings (SSSR count). The highest BCUT2D eigenvalue weighted by Gasteiger charge is 2.35. The smallest absolute Gasteiger partial charge is 0.265 e. The third kappa shape index (κ3) is 3.26. The van der Waals surface area contributed by atoms with Crippen molar-refractivity contribution in [3.8, 4) is 11.1 Å². The van der Waals surface area contributed by atoms with Crippen LogP contribution in [-0.2, 0) is 0 Å². The van der Waals surface area contributed by atoms with Crippen molar-refractivity contribution in [2.24, 2.45) is 0 Å². The molecule has 1 heterocycles. The molecule has 44 heavy (non-hydrogen) atoms. The maximum atomic E-state index is 13.9. The molecule has 0 aromatic heterocycles. The number of carbonyl (C=O) groups excluding carboxylic acids is 2. The van der Waals surface area contributed by atoms with Gasteiger partial charge in [0.1, 0.15) is 0 Å². The second-order valence-corrected chi connectivity index (χ2v) is 12.7. The molecule has 0 N–H and O–H groups in total. The molecule has 208 valence electrons. The van der Waals surface area contributed by atoms with Gasteiger partial charge in [-0.25, -0.2) is 4.90 Å². The first-order valence-corrected chi connectivity index (χ1v) is 15.5. The second-order valence-electron chi connectivity index (χ2n) is 11.8. The first kappa shape index (κ1) is 25.4. The Labute approximate surface area is 261 Å². The lowest BCUT2D eigenvalue weighted by Crippen LogP contribution is -2.41. The predicted octanol–water partition coefficient (Wildman–Crippen LogP) is 10.7. The van der Waals surface area contributed by atoms with E-state index in [2.05, 4.69) is 95.7 Å². The number of nitrogens with zero attached hydrogens (tertiary/aromatic N) is 1. The largest absolute Gasteiger partial charge is 0.268 e. The Morgan fingerprint density at radius 3 is 1.80 bits per heavy atom. The third-order valence-corrected chi connectivity index (χ3v) is 10.1. The minimum absolute atomic E-state index is 0.295. The fourth-order valence-electron chi connectivity index (χ4n) is 7.49. The van der Waals surface area contributed by atoms with Crippen molar-refractivity contribution in [3.05, 3.63) is 136 Å². The Bertz CT molecular complexity index is 2510. The van der Waals surface area contributed by atoms with E-state index in [1.54, 1.807) is 0 Å². The van der Waals surface area contributed by atoms with E-state index >= 15 is 0 Å². The number of imide groups is 1. The van der Waals surface area contributed by atoms with E-state index in [1.165, 1.54) is 48.0 Å².